The Morgan fingerprint density at radius 1 is 1.30 bits per heavy atom. The first-order chi connectivity index (χ1) is 9.23. The largest absolute Gasteiger partial charge is 0.466 e. The van der Waals surface area contributed by atoms with E-state index in [2.05, 4.69) is 5.32 Å². The van der Waals surface area contributed by atoms with Gasteiger partial charge in [-0.2, -0.15) is 0 Å². The van der Waals surface area contributed by atoms with E-state index in [0.717, 1.165) is 0 Å². The minimum absolute atomic E-state index is 0.268. The number of carbonyl (C=O) groups is 2. The fourth-order valence-electron chi connectivity index (χ4n) is 2.24. The summed E-state index contributed by atoms with van der Waals surface area (Å²) in [4.78, 5) is 23.4. The molecule has 6 heteroatoms. The van der Waals surface area contributed by atoms with E-state index in [1.54, 1.807) is 27.7 Å². The summed E-state index contributed by atoms with van der Waals surface area (Å²) in [6, 6.07) is -0.479. The molecule has 0 bridgehead atoms. The van der Waals surface area contributed by atoms with Gasteiger partial charge in [-0.05, 0) is 47.0 Å². The molecule has 0 radical (unpaired) electrons. The van der Waals surface area contributed by atoms with E-state index >= 15 is 0 Å². The highest BCUT2D eigenvalue weighted by atomic mass is 16.6. The number of aliphatic hydroxyl groups is 1. The molecule has 0 aliphatic heterocycles. The third-order valence-electron chi connectivity index (χ3n) is 3.14. The van der Waals surface area contributed by atoms with Gasteiger partial charge in [-0.25, -0.2) is 4.79 Å². The molecule has 20 heavy (non-hydrogen) atoms. The van der Waals surface area contributed by atoms with Crippen molar-refractivity contribution in [3.8, 4) is 0 Å². The lowest BCUT2D eigenvalue weighted by molar-refractivity contribution is -0.150. The predicted molar refractivity (Wildman–Crippen MR) is 73.1 cm³/mol. The summed E-state index contributed by atoms with van der Waals surface area (Å²) in [6.45, 7) is 7.40. The van der Waals surface area contributed by atoms with Gasteiger partial charge >= 0.3 is 12.1 Å². The average Bonchev–Trinajstić information content (AvgIpc) is 2.29. The number of nitrogens with one attached hydrogen (secondary N) is 1. The number of esters is 1. The van der Waals surface area contributed by atoms with Crippen LogP contribution in [0, 0.1) is 5.92 Å². The zero-order valence-electron chi connectivity index (χ0n) is 12.6. The van der Waals surface area contributed by atoms with Gasteiger partial charge in [0.2, 0.25) is 0 Å². The summed E-state index contributed by atoms with van der Waals surface area (Å²) in [7, 11) is 0. The van der Waals surface area contributed by atoms with E-state index in [0.29, 0.717) is 25.9 Å². The molecule has 1 aliphatic carbocycles. The second kappa shape index (κ2) is 6.92. The van der Waals surface area contributed by atoms with E-state index < -0.39 is 23.8 Å². The zero-order chi connectivity index (χ0) is 15.3. The second-order valence-electron chi connectivity index (χ2n) is 6.08. The minimum Gasteiger partial charge on any atom is -0.466 e. The highest BCUT2D eigenvalue weighted by Crippen LogP contribution is 2.26. The molecule has 3 atom stereocenters. The van der Waals surface area contributed by atoms with Crippen molar-refractivity contribution in [2.24, 2.45) is 5.92 Å². The molecule has 0 heterocycles. The van der Waals surface area contributed by atoms with Gasteiger partial charge in [-0.3, -0.25) is 4.79 Å². The summed E-state index contributed by atoms with van der Waals surface area (Å²) in [5, 5.41) is 12.6. The molecular formula is C14H25NO5. The Labute approximate surface area is 119 Å². The lowest BCUT2D eigenvalue weighted by Gasteiger charge is -2.33. The Hall–Kier alpha value is -1.30. The molecule has 2 N–H and O–H groups in total. The summed E-state index contributed by atoms with van der Waals surface area (Å²) in [5.74, 6) is -0.548. The number of hydrogen-bond donors (Lipinski definition) is 2. The van der Waals surface area contributed by atoms with Crippen molar-refractivity contribution in [3.05, 3.63) is 0 Å². The maximum absolute atomic E-state index is 11.7. The first-order valence-electron chi connectivity index (χ1n) is 7.07. The highest BCUT2D eigenvalue weighted by molar-refractivity contribution is 5.73. The van der Waals surface area contributed by atoms with Gasteiger partial charge < -0.3 is 19.9 Å². The molecule has 1 aliphatic rings. The first-order valence-corrected chi connectivity index (χ1v) is 7.07. The summed E-state index contributed by atoms with van der Waals surface area (Å²) in [6.07, 6.45) is 0.176. The van der Waals surface area contributed by atoms with Crippen LogP contribution < -0.4 is 5.32 Å². The monoisotopic (exact) mass is 287 g/mol. The smallest absolute Gasteiger partial charge is 0.407 e. The van der Waals surface area contributed by atoms with E-state index in [1.807, 2.05) is 0 Å². The van der Waals surface area contributed by atoms with Crippen molar-refractivity contribution in [3.63, 3.8) is 0 Å². The van der Waals surface area contributed by atoms with E-state index in [1.165, 1.54) is 0 Å². The van der Waals surface area contributed by atoms with Crippen LogP contribution in [0.3, 0.4) is 0 Å². The van der Waals surface area contributed by atoms with Gasteiger partial charge in [0.05, 0.1) is 24.7 Å². The molecule has 1 amide bonds. The van der Waals surface area contributed by atoms with Crippen LogP contribution in [-0.2, 0) is 14.3 Å². The number of rotatable bonds is 3. The molecule has 116 valence electrons. The molecule has 1 fully saturated rings. The summed E-state index contributed by atoms with van der Waals surface area (Å²) in [5.41, 5.74) is -0.593. The molecule has 6 nitrogen and oxygen atoms in total. The molecule has 0 spiro atoms. The standard InChI is InChI=1S/C14H25NO5/c1-5-19-12(17)9-6-7-11(16)10(8-9)15-13(18)20-14(2,3)4/h9-11,16H,5-8H2,1-4H3,(H,15,18)/t9-,10+,11-/m0/s1. The average molecular weight is 287 g/mol. The molecule has 1 saturated carbocycles. The molecular weight excluding hydrogens is 262 g/mol. The van der Waals surface area contributed by atoms with Crippen molar-refractivity contribution in [2.75, 3.05) is 6.61 Å². The van der Waals surface area contributed by atoms with Gasteiger partial charge in [0, 0.05) is 0 Å². The third-order valence-corrected chi connectivity index (χ3v) is 3.14. The Morgan fingerprint density at radius 2 is 1.95 bits per heavy atom. The number of carbonyl (C=O) groups excluding carboxylic acids is 2. The van der Waals surface area contributed by atoms with E-state index in [9.17, 15) is 14.7 Å². The maximum Gasteiger partial charge on any atom is 0.407 e. The van der Waals surface area contributed by atoms with Gasteiger partial charge in [0.25, 0.3) is 0 Å². The zero-order valence-corrected chi connectivity index (χ0v) is 12.6. The summed E-state index contributed by atoms with van der Waals surface area (Å²) < 4.78 is 10.1. The highest BCUT2D eigenvalue weighted by Gasteiger charge is 2.35. The number of ether oxygens (including phenoxy) is 2. The molecule has 1 rings (SSSR count). The fraction of sp³-hybridized carbons (Fsp3) is 0.857. The van der Waals surface area contributed by atoms with Crippen molar-refractivity contribution in [1.82, 2.24) is 5.32 Å². The van der Waals surface area contributed by atoms with Crippen molar-refractivity contribution < 1.29 is 24.2 Å². The van der Waals surface area contributed by atoms with Crippen LogP contribution in [0.4, 0.5) is 4.79 Å². The number of alkyl carbamates (subject to hydrolysis) is 1. The Morgan fingerprint density at radius 3 is 2.50 bits per heavy atom. The molecule has 0 unspecified atom stereocenters. The second-order valence-corrected chi connectivity index (χ2v) is 6.08. The lowest BCUT2D eigenvalue weighted by Crippen LogP contribution is -2.49. The van der Waals surface area contributed by atoms with Crippen LogP contribution in [-0.4, -0.2) is 41.5 Å². The van der Waals surface area contributed by atoms with Crippen molar-refractivity contribution in [1.29, 1.82) is 0 Å². The summed E-state index contributed by atoms with van der Waals surface area (Å²) >= 11 is 0. The molecule has 0 aromatic carbocycles. The molecule has 0 aromatic rings. The van der Waals surface area contributed by atoms with Crippen molar-refractivity contribution >= 4 is 12.1 Å². The van der Waals surface area contributed by atoms with Crippen LogP contribution >= 0.6 is 0 Å². The minimum atomic E-state index is -0.659. The lowest BCUT2D eigenvalue weighted by atomic mass is 9.84. The fourth-order valence-corrected chi connectivity index (χ4v) is 2.24. The SMILES string of the molecule is CCOC(=O)[C@H]1CC[C@H](O)[C@H](NC(=O)OC(C)(C)C)C1. The molecule has 0 aromatic heterocycles. The molecule has 0 saturated heterocycles. The Kier molecular flexibility index (Phi) is 5.80. The number of hydrogen-bond acceptors (Lipinski definition) is 5. The van der Waals surface area contributed by atoms with Gasteiger partial charge in [0.1, 0.15) is 5.60 Å². The van der Waals surface area contributed by atoms with E-state index in [4.69, 9.17) is 9.47 Å². The quantitative estimate of drug-likeness (QED) is 0.770. The van der Waals surface area contributed by atoms with Gasteiger partial charge in [-0.15, -0.1) is 0 Å². The van der Waals surface area contributed by atoms with Crippen LogP contribution in [0.5, 0.6) is 0 Å². The van der Waals surface area contributed by atoms with Gasteiger partial charge in [0.15, 0.2) is 0 Å². The first kappa shape index (κ1) is 16.8. The van der Waals surface area contributed by atoms with Crippen LogP contribution in [0.1, 0.15) is 47.0 Å². The third kappa shape index (κ3) is 5.36. The Balaban J connectivity index is 2.54. The predicted octanol–water partition coefficient (Wildman–Crippen LogP) is 1.60. The Bertz CT molecular complexity index is 350. The van der Waals surface area contributed by atoms with Crippen LogP contribution in [0.25, 0.3) is 0 Å². The maximum atomic E-state index is 11.7. The van der Waals surface area contributed by atoms with Gasteiger partial charge in [-0.1, -0.05) is 0 Å². The van der Waals surface area contributed by atoms with Crippen LogP contribution in [0.2, 0.25) is 0 Å². The van der Waals surface area contributed by atoms with E-state index in [-0.39, 0.29) is 11.9 Å². The van der Waals surface area contributed by atoms with Crippen LogP contribution in [0.15, 0.2) is 0 Å². The number of aliphatic hydroxyl groups excluding tert-OH is 1. The topological polar surface area (TPSA) is 84.9 Å². The van der Waals surface area contributed by atoms with Crippen molar-refractivity contribution in [2.45, 2.75) is 64.7 Å². The number of amides is 1. The normalized spacial score (nSPS) is 26.8.